The number of rotatable bonds is 5. The van der Waals surface area contributed by atoms with Crippen molar-refractivity contribution in [2.24, 2.45) is 5.92 Å². The lowest BCUT2D eigenvalue weighted by molar-refractivity contribution is 0.0893. The zero-order valence-corrected chi connectivity index (χ0v) is 16.5. The number of likely N-dealkylation sites (tertiary alicyclic amines) is 1. The van der Waals surface area contributed by atoms with Crippen LogP contribution in [0.2, 0.25) is 0 Å². The number of β-amino-alcohol motifs (C(OH)–C–C–N with tert-alkyl or cyclic N) is 1. The fraction of sp³-hybridized carbons (Fsp3) is 0.500. The Morgan fingerprint density at radius 2 is 1.58 bits per heavy atom. The van der Waals surface area contributed by atoms with Gasteiger partial charge in [0.05, 0.1) is 6.10 Å². The fourth-order valence-electron chi connectivity index (χ4n) is 3.88. The number of benzene rings is 2. The Kier molecular flexibility index (Phi) is 6.16. The summed E-state index contributed by atoms with van der Waals surface area (Å²) in [5.74, 6) is 0.775. The van der Waals surface area contributed by atoms with Crippen LogP contribution in [0, 0.1) is 5.92 Å². The number of aliphatic hydroxyl groups excluding tert-OH is 1. The van der Waals surface area contributed by atoms with Crippen molar-refractivity contribution in [3.8, 4) is 0 Å². The summed E-state index contributed by atoms with van der Waals surface area (Å²) in [4.78, 5) is 2.42. The van der Waals surface area contributed by atoms with Crippen molar-refractivity contribution in [3.05, 3.63) is 71.3 Å². The van der Waals surface area contributed by atoms with Crippen LogP contribution in [0.15, 0.2) is 54.6 Å². The predicted octanol–water partition coefficient (Wildman–Crippen LogP) is 4.97. The summed E-state index contributed by atoms with van der Waals surface area (Å²) in [5, 5.41) is 10.6. The van der Waals surface area contributed by atoms with E-state index in [2.05, 4.69) is 80.3 Å². The van der Waals surface area contributed by atoms with Crippen molar-refractivity contribution in [2.45, 2.75) is 51.6 Å². The third-order valence-corrected chi connectivity index (χ3v) is 5.67. The summed E-state index contributed by atoms with van der Waals surface area (Å²) >= 11 is 0. The van der Waals surface area contributed by atoms with Gasteiger partial charge in [-0.2, -0.15) is 0 Å². The van der Waals surface area contributed by atoms with Gasteiger partial charge in [-0.25, -0.2) is 0 Å². The van der Waals surface area contributed by atoms with Crippen molar-refractivity contribution in [1.29, 1.82) is 0 Å². The molecule has 2 nitrogen and oxygen atoms in total. The summed E-state index contributed by atoms with van der Waals surface area (Å²) in [7, 11) is 0. The van der Waals surface area contributed by atoms with Gasteiger partial charge in [0.25, 0.3) is 0 Å². The summed E-state index contributed by atoms with van der Waals surface area (Å²) in [6, 6.07) is 19.3. The van der Waals surface area contributed by atoms with Gasteiger partial charge < -0.3 is 10.0 Å². The molecule has 1 saturated heterocycles. The molecule has 0 bridgehead atoms. The van der Waals surface area contributed by atoms with E-state index in [-0.39, 0.29) is 5.41 Å². The van der Waals surface area contributed by atoms with Gasteiger partial charge in [-0.3, -0.25) is 0 Å². The van der Waals surface area contributed by atoms with E-state index in [1.165, 1.54) is 30.4 Å². The molecule has 1 atom stereocenters. The zero-order chi connectivity index (χ0) is 18.6. The van der Waals surface area contributed by atoms with Crippen LogP contribution in [-0.4, -0.2) is 29.6 Å². The first kappa shape index (κ1) is 19.1. The maximum Gasteiger partial charge on any atom is 0.0916 e. The van der Waals surface area contributed by atoms with Crippen molar-refractivity contribution in [2.75, 3.05) is 19.6 Å². The first-order chi connectivity index (χ1) is 12.4. The smallest absolute Gasteiger partial charge is 0.0916 e. The Morgan fingerprint density at radius 1 is 0.962 bits per heavy atom. The quantitative estimate of drug-likeness (QED) is 0.822. The fourth-order valence-corrected chi connectivity index (χ4v) is 3.88. The minimum atomic E-state index is -0.394. The highest BCUT2D eigenvalue weighted by molar-refractivity contribution is 5.28. The number of hydrogen-bond acceptors (Lipinski definition) is 2. The van der Waals surface area contributed by atoms with Crippen molar-refractivity contribution in [1.82, 2.24) is 4.90 Å². The molecule has 140 valence electrons. The Bertz CT molecular complexity index is 664. The van der Waals surface area contributed by atoms with Crippen molar-refractivity contribution < 1.29 is 5.11 Å². The SMILES string of the molecule is CC(C)(C)c1ccc(C(O)CN2CCC(Cc3ccccc3)CC2)cc1. The average molecular weight is 352 g/mol. The minimum Gasteiger partial charge on any atom is -0.387 e. The van der Waals surface area contributed by atoms with E-state index in [0.29, 0.717) is 0 Å². The lowest BCUT2D eigenvalue weighted by Gasteiger charge is -2.33. The van der Waals surface area contributed by atoms with Crippen LogP contribution in [0.5, 0.6) is 0 Å². The molecule has 0 aromatic heterocycles. The summed E-state index contributed by atoms with van der Waals surface area (Å²) < 4.78 is 0. The van der Waals surface area contributed by atoms with Gasteiger partial charge >= 0.3 is 0 Å². The molecule has 1 N–H and O–H groups in total. The molecule has 1 aliphatic heterocycles. The maximum absolute atomic E-state index is 10.6. The first-order valence-corrected chi connectivity index (χ1v) is 9.96. The normalized spacial score (nSPS) is 18.0. The topological polar surface area (TPSA) is 23.5 Å². The molecule has 26 heavy (non-hydrogen) atoms. The molecule has 0 spiro atoms. The van der Waals surface area contributed by atoms with Crippen molar-refractivity contribution >= 4 is 0 Å². The monoisotopic (exact) mass is 351 g/mol. The largest absolute Gasteiger partial charge is 0.387 e. The first-order valence-electron chi connectivity index (χ1n) is 9.96. The van der Waals surface area contributed by atoms with Crippen LogP contribution in [0.4, 0.5) is 0 Å². The molecular weight excluding hydrogens is 318 g/mol. The third-order valence-electron chi connectivity index (χ3n) is 5.67. The lowest BCUT2D eigenvalue weighted by Crippen LogP contribution is -2.37. The molecule has 1 aliphatic rings. The molecule has 2 aromatic rings. The Balaban J connectivity index is 1.48. The van der Waals surface area contributed by atoms with E-state index in [1.54, 1.807) is 0 Å². The molecule has 0 radical (unpaired) electrons. The summed E-state index contributed by atoms with van der Waals surface area (Å²) in [6.07, 6.45) is 3.25. The van der Waals surface area contributed by atoms with Crippen LogP contribution in [0.1, 0.15) is 56.4 Å². The highest BCUT2D eigenvalue weighted by atomic mass is 16.3. The van der Waals surface area contributed by atoms with Crippen LogP contribution in [0.25, 0.3) is 0 Å². The molecule has 2 aromatic carbocycles. The van der Waals surface area contributed by atoms with Gasteiger partial charge in [-0.1, -0.05) is 75.4 Å². The summed E-state index contributed by atoms with van der Waals surface area (Å²) in [5.41, 5.74) is 3.95. The number of piperidine rings is 1. The van der Waals surface area contributed by atoms with Crippen LogP contribution < -0.4 is 0 Å². The van der Waals surface area contributed by atoms with Gasteiger partial charge in [0.15, 0.2) is 0 Å². The maximum atomic E-state index is 10.6. The molecule has 1 fully saturated rings. The van der Waals surface area contributed by atoms with Crippen LogP contribution >= 0.6 is 0 Å². The second-order valence-electron chi connectivity index (χ2n) is 8.82. The highest BCUT2D eigenvalue weighted by Crippen LogP contribution is 2.26. The Morgan fingerprint density at radius 3 is 2.15 bits per heavy atom. The zero-order valence-electron chi connectivity index (χ0n) is 16.5. The molecule has 1 heterocycles. The van der Waals surface area contributed by atoms with E-state index >= 15 is 0 Å². The molecule has 1 unspecified atom stereocenters. The standard InChI is InChI=1S/C24H33NO/c1-24(2,3)22-11-9-21(10-12-22)23(26)18-25-15-13-20(14-16-25)17-19-7-5-4-6-8-19/h4-12,20,23,26H,13-18H2,1-3H3. The second-order valence-corrected chi connectivity index (χ2v) is 8.82. The van der Waals surface area contributed by atoms with Gasteiger partial charge in [-0.15, -0.1) is 0 Å². The predicted molar refractivity (Wildman–Crippen MR) is 109 cm³/mol. The molecule has 0 aliphatic carbocycles. The van der Waals surface area contributed by atoms with Crippen LogP contribution in [-0.2, 0) is 11.8 Å². The van der Waals surface area contributed by atoms with Crippen molar-refractivity contribution in [3.63, 3.8) is 0 Å². The number of hydrogen-bond donors (Lipinski definition) is 1. The minimum absolute atomic E-state index is 0.157. The van der Waals surface area contributed by atoms with E-state index in [4.69, 9.17) is 0 Å². The third kappa shape index (κ3) is 5.18. The van der Waals surface area contributed by atoms with E-state index < -0.39 is 6.10 Å². The highest BCUT2D eigenvalue weighted by Gasteiger charge is 2.22. The van der Waals surface area contributed by atoms with Gasteiger partial charge in [0, 0.05) is 6.54 Å². The van der Waals surface area contributed by atoms with Gasteiger partial charge in [-0.05, 0) is 60.4 Å². The molecule has 0 amide bonds. The van der Waals surface area contributed by atoms with E-state index in [9.17, 15) is 5.11 Å². The molecular formula is C24H33NO. The van der Waals surface area contributed by atoms with Gasteiger partial charge in [0.1, 0.15) is 0 Å². The molecule has 3 rings (SSSR count). The number of nitrogens with zero attached hydrogens (tertiary/aromatic N) is 1. The summed E-state index contributed by atoms with van der Waals surface area (Å²) in [6.45, 7) is 9.59. The molecule has 0 saturated carbocycles. The van der Waals surface area contributed by atoms with Crippen LogP contribution in [0.3, 0.4) is 0 Å². The Labute approximate surface area is 158 Å². The van der Waals surface area contributed by atoms with Gasteiger partial charge in [0.2, 0.25) is 0 Å². The van der Waals surface area contributed by atoms with E-state index in [1.807, 2.05) is 0 Å². The second kappa shape index (κ2) is 8.37. The number of aliphatic hydroxyl groups is 1. The Hall–Kier alpha value is -1.64. The average Bonchev–Trinajstić information content (AvgIpc) is 2.63. The van der Waals surface area contributed by atoms with E-state index in [0.717, 1.165) is 31.1 Å². The lowest BCUT2D eigenvalue weighted by atomic mass is 9.86. The molecule has 2 heteroatoms.